The molecule has 0 aromatic heterocycles. The predicted molar refractivity (Wildman–Crippen MR) is 83.2 cm³/mol. The van der Waals surface area contributed by atoms with Gasteiger partial charge in [-0.25, -0.2) is 0 Å². The van der Waals surface area contributed by atoms with Crippen LogP contribution in [0.4, 0.5) is 0 Å². The Bertz CT molecular complexity index is 154. The van der Waals surface area contributed by atoms with Crippen molar-refractivity contribution >= 4 is 16.5 Å². The molecule has 0 amide bonds. The molecule has 0 N–H and O–H groups in total. The van der Waals surface area contributed by atoms with Gasteiger partial charge in [0.25, 0.3) is 0 Å². The van der Waals surface area contributed by atoms with Gasteiger partial charge in [0.1, 0.15) is 0 Å². The first-order valence-corrected chi connectivity index (χ1v) is 9.88. The predicted octanol–water partition coefficient (Wildman–Crippen LogP) is 6.45. The van der Waals surface area contributed by atoms with E-state index in [9.17, 15) is 0 Å². The number of unbranched alkanes of at least 4 members (excludes halogenated alkanes) is 6. The first-order valence-electron chi connectivity index (χ1n) is 6.72. The number of hydrogen-bond donors (Lipinski definition) is 0. The van der Waals surface area contributed by atoms with Crippen LogP contribution in [0, 0.1) is 0 Å². The van der Waals surface area contributed by atoms with Gasteiger partial charge < -0.3 is 0 Å². The largest absolute Gasteiger partial charge is 0.0840 e. The van der Waals surface area contributed by atoms with Gasteiger partial charge >= 0.3 is 0 Å². The summed E-state index contributed by atoms with van der Waals surface area (Å²) < 4.78 is 0. The van der Waals surface area contributed by atoms with E-state index in [0.29, 0.717) is 0 Å². The van der Waals surface area contributed by atoms with Crippen LogP contribution in [0.1, 0.15) is 65.2 Å². The summed E-state index contributed by atoms with van der Waals surface area (Å²) in [6.07, 6.45) is 15.5. The highest BCUT2D eigenvalue weighted by Crippen LogP contribution is 2.39. The molecule has 0 aromatic carbocycles. The van der Waals surface area contributed by atoms with Gasteiger partial charge in [0.05, 0.1) is 0 Å². The van der Waals surface area contributed by atoms with Crippen molar-refractivity contribution in [3.8, 4) is 0 Å². The molecule has 2 atom stereocenters. The summed E-state index contributed by atoms with van der Waals surface area (Å²) >= 11 is 0. The third kappa shape index (κ3) is 14.3. The fourth-order valence-electron chi connectivity index (χ4n) is 1.41. The van der Waals surface area contributed by atoms with Crippen LogP contribution in [0.3, 0.4) is 0 Å². The van der Waals surface area contributed by atoms with Crippen molar-refractivity contribution in [1.82, 2.24) is 0 Å². The number of allylic oxidation sites excluding steroid dienone is 2. The molecule has 0 aliphatic rings. The monoisotopic (exact) mass is 258 g/mol. The third-order valence-electron chi connectivity index (χ3n) is 2.43. The van der Waals surface area contributed by atoms with E-state index >= 15 is 0 Å². The minimum atomic E-state index is 1.02. The lowest BCUT2D eigenvalue weighted by molar-refractivity contribution is 0.729. The van der Waals surface area contributed by atoms with Crippen molar-refractivity contribution in [3.05, 3.63) is 23.8 Å². The smallest absolute Gasteiger partial charge is 0.0347 e. The van der Waals surface area contributed by atoms with Crippen LogP contribution in [-0.4, -0.2) is 0 Å². The lowest BCUT2D eigenvalue weighted by atomic mass is 10.2. The molecule has 0 nitrogen and oxygen atoms in total. The van der Waals surface area contributed by atoms with E-state index in [2.05, 4.69) is 37.6 Å². The highest BCUT2D eigenvalue weighted by atomic mass is 32.0. The Balaban J connectivity index is 3.12. The molecule has 0 aliphatic carbocycles. The van der Waals surface area contributed by atoms with E-state index in [1.807, 2.05) is 0 Å². The Morgan fingerprint density at radius 1 is 0.688 bits per heavy atom. The summed E-state index contributed by atoms with van der Waals surface area (Å²) in [4.78, 5) is 0. The summed E-state index contributed by atoms with van der Waals surface area (Å²) in [5.41, 5.74) is 0. The lowest BCUT2D eigenvalue weighted by Gasteiger charge is -1.93. The molecule has 0 radical (unpaired) electrons. The molecule has 16 heavy (non-hydrogen) atoms. The molecular weight excluding hydrogens is 230 g/mol. The van der Waals surface area contributed by atoms with Gasteiger partial charge in [-0.05, 0) is 25.7 Å². The Hall–Kier alpha value is 0.340. The first-order chi connectivity index (χ1) is 7.91. The molecule has 0 spiro atoms. The van der Waals surface area contributed by atoms with Crippen LogP contribution in [-0.2, 0) is 0 Å². The minimum Gasteiger partial charge on any atom is -0.0840 e. The van der Waals surface area contributed by atoms with Gasteiger partial charge in [0, 0.05) is 0 Å². The maximum Gasteiger partial charge on any atom is -0.0347 e. The second kappa shape index (κ2) is 15.3. The Morgan fingerprint density at radius 2 is 1.12 bits per heavy atom. The average molecular weight is 258 g/mol. The third-order valence-corrected chi connectivity index (χ3v) is 4.91. The van der Waals surface area contributed by atoms with E-state index < -0.39 is 0 Å². The van der Waals surface area contributed by atoms with Gasteiger partial charge in [-0.2, -0.15) is 0 Å². The highest BCUT2D eigenvalue weighted by molar-refractivity contribution is 8.14. The van der Waals surface area contributed by atoms with Crippen LogP contribution < -0.4 is 0 Å². The van der Waals surface area contributed by atoms with Crippen molar-refractivity contribution in [2.75, 3.05) is 0 Å². The van der Waals surface area contributed by atoms with Gasteiger partial charge in [-0.3, -0.25) is 0 Å². The summed E-state index contributed by atoms with van der Waals surface area (Å²) in [7, 11) is 2.03. The van der Waals surface area contributed by atoms with Gasteiger partial charge in [0.15, 0.2) is 0 Å². The summed E-state index contributed by atoms with van der Waals surface area (Å²) in [6.45, 7) is 4.52. The van der Waals surface area contributed by atoms with E-state index in [-0.39, 0.29) is 0 Å². The van der Waals surface area contributed by atoms with Crippen molar-refractivity contribution in [1.29, 1.82) is 0 Å². The van der Waals surface area contributed by atoms with Crippen LogP contribution in [0.15, 0.2) is 23.8 Å². The molecule has 2 unspecified atom stereocenters. The Morgan fingerprint density at radius 3 is 1.50 bits per heavy atom. The van der Waals surface area contributed by atoms with E-state index in [4.69, 9.17) is 0 Å². The molecular formula is C14H28P2. The number of rotatable bonds is 11. The maximum atomic E-state index is 2.38. The van der Waals surface area contributed by atoms with Crippen LogP contribution >= 0.6 is 16.5 Å². The quantitative estimate of drug-likeness (QED) is 0.295. The van der Waals surface area contributed by atoms with Crippen molar-refractivity contribution in [2.24, 2.45) is 0 Å². The normalized spacial score (nSPS) is 13.4. The standard InChI is InChI=1S/C14H28P2/c1-3-5-7-9-11-13-15-16-14-12-10-8-6-4-2/h11-16H,3-10H2,1-2H3. The summed E-state index contributed by atoms with van der Waals surface area (Å²) in [5, 5.41) is 0. The minimum absolute atomic E-state index is 1.02. The van der Waals surface area contributed by atoms with Gasteiger partial charge in [-0.15, -0.1) is 0 Å². The molecule has 0 aromatic rings. The van der Waals surface area contributed by atoms with Gasteiger partial charge in [0.2, 0.25) is 0 Å². The summed E-state index contributed by atoms with van der Waals surface area (Å²) in [6, 6.07) is 0. The highest BCUT2D eigenvalue weighted by Gasteiger charge is 1.83. The van der Waals surface area contributed by atoms with Crippen LogP contribution in [0.5, 0.6) is 0 Å². The Labute approximate surface area is 106 Å². The topological polar surface area (TPSA) is 0 Å². The van der Waals surface area contributed by atoms with E-state index in [1.165, 1.54) is 51.4 Å². The fourth-order valence-corrected chi connectivity index (χ4v) is 3.45. The van der Waals surface area contributed by atoms with E-state index in [1.54, 1.807) is 0 Å². The molecule has 0 rings (SSSR count). The summed E-state index contributed by atoms with van der Waals surface area (Å²) in [5.74, 6) is 4.76. The second-order valence-electron chi connectivity index (χ2n) is 4.08. The van der Waals surface area contributed by atoms with E-state index in [0.717, 1.165) is 16.5 Å². The van der Waals surface area contributed by atoms with Gasteiger partial charge in [-0.1, -0.05) is 79.9 Å². The van der Waals surface area contributed by atoms with Crippen molar-refractivity contribution in [3.63, 3.8) is 0 Å². The molecule has 0 bridgehead atoms. The number of hydrogen-bond acceptors (Lipinski definition) is 0. The average Bonchev–Trinajstić information content (AvgIpc) is 2.31. The molecule has 0 aliphatic heterocycles. The van der Waals surface area contributed by atoms with Crippen LogP contribution in [0.25, 0.3) is 0 Å². The molecule has 0 heterocycles. The second-order valence-corrected chi connectivity index (χ2v) is 7.06. The molecule has 0 saturated heterocycles. The Kier molecular flexibility index (Phi) is 15.7. The SMILES string of the molecule is CCCCCC=CPPC=CCCCCC. The van der Waals surface area contributed by atoms with Crippen LogP contribution in [0.2, 0.25) is 0 Å². The molecule has 0 saturated carbocycles. The fraction of sp³-hybridized carbons (Fsp3) is 0.714. The zero-order chi connectivity index (χ0) is 11.9. The molecule has 0 fully saturated rings. The molecule has 2 heteroatoms. The lowest BCUT2D eigenvalue weighted by Crippen LogP contribution is -1.69. The van der Waals surface area contributed by atoms with Crippen molar-refractivity contribution < 1.29 is 0 Å². The zero-order valence-electron chi connectivity index (χ0n) is 11.0. The first kappa shape index (κ1) is 16.3. The molecule has 94 valence electrons. The zero-order valence-corrected chi connectivity index (χ0v) is 13.0. The van der Waals surface area contributed by atoms with Crippen molar-refractivity contribution in [2.45, 2.75) is 65.2 Å². The maximum absolute atomic E-state index is 2.38.